The van der Waals surface area contributed by atoms with Crippen LogP contribution in [0.15, 0.2) is 35.0 Å². The van der Waals surface area contributed by atoms with E-state index in [-0.39, 0.29) is 0 Å². The first-order valence-corrected chi connectivity index (χ1v) is 6.53. The first-order chi connectivity index (χ1) is 8.16. The van der Waals surface area contributed by atoms with E-state index < -0.39 is 6.10 Å². The molecule has 0 aliphatic heterocycles. The standard InChI is InChI=1S/C14H16O2S/c1-10-3-4-14(13(7-10)11(2)15)16-8-12-5-6-17-9-12/h3-7,9,11,15H,8H2,1-2H3. The van der Waals surface area contributed by atoms with Crippen LogP contribution in [0.25, 0.3) is 0 Å². The molecule has 2 rings (SSSR count). The second kappa shape index (κ2) is 5.34. The van der Waals surface area contributed by atoms with Crippen LogP contribution in [0, 0.1) is 6.92 Å². The summed E-state index contributed by atoms with van der Waals surface area (Å²) in [5.74, 6) is 0.761. The van der Waals surface area contributed by atoms with Crippen molar-refractivity contribution in [1.29, 1.82) is 0 Å². The molecule has 0 saturated carbocycles. The lowest BCUT2D eigenvalue weighted by atomic mass is 10.1. The highest BCUT2D eigenvalue weighted by atomic mass is 32.1. The first-order valence-electron chi connectivity index (χ1n) is 5.59. The number of aliphatic hydroxyl groups excluding tert-OH is 1. The lowest BCUT2D eigenvalue weighted by molar-refractivity contribution is 0.190. The van der Waals surface area contributed by atoms with E-state index in [4.69, 9.17) is 4.74 Å². The van der Waals surface area contributed by atoms with Gasteiger partial charge in [0, 0.05) is 5.56 Å². The number of thiophene rings is 1. The van der Waals surface area contributed by atoms with E-state index in [0.717, 1.165) is 22.4 Å². The number of hydrogen-bond donors (Lipinski definition) is 1. The highest BCUT2D eigenvalue weighted by molar-refractivity contribution is 7.07. The zero-order valence-electron chi connectivity index (χ0n) is 10.0. The third kappa shape index (κ3) is 3.08. The van der Waals surface area contributed by atoms with Crippen LogP contribution in [0.4, 0.5) is 0 Å². The number of hydrogen-bond acceptors (Lipinski definition) is 3. The molecule has 2 nitrogen and oxygen atoms in total. The molecule has 0 aliphatic carbocycles. The molecule has 2 aromatic rings. The van der Waals surface area contributed by atoms with E-state index in [1.165, 1.54) is 0 Å². The lowest BCUT2D eigenvalue weighted by Crippen LogP contribution is -2.00. The summed E-state index contributed by atoms with van der Waals surface area (Å²) in [5.41, 5.74) is 3.14. The van der Waals surface area contributed by atoms with E-state index in [1.54, 1.807) is 18.3 Å². The van der Waals surface area contributed by atoms with E-state index in [2.05, 4.69) is 5.38 Å². The first kappa shape index (κ1) is 12.1. The van der Waals surface area contributed by atoms with E-state index in [1.807, 2.05) is 36.6 Å². The third-order valence-electron chi connectivity index (χ3n) is 2.59. The van der Waals surface area contributed by atoms with Crippen LogP contribution in [-0.4, -0.2) is 5.11 Å². The van der Waals surface area contributed by atoms with Gasteiger partial charge in [-0.25, -0.2) is 0 Å². The Balaban J connectivity index is 2.14. The molecule has 0 fully saturated rings. The van der Waals surface area contributed by atoms with Crippen LogP contribution in [-0.2, 0) is 6.61 Å². The molecule has 90 valence electrons. The maximum Gasteiger partial charge on any atom is 0.125 e. The molecule has 1 atom stereocenters. The molecule has 1 unspecified atom stereocenters. The van der Waals surface area contributed by atoms with Crippen molar-refractivity contribution in [3.63, 3.8) is 0 Å². The van der Waals surface area contributed by atoms with Gasteiger partial charge >= 0.3 is 0 Å². The van der Waals surface area contributed by atoms with E-state index >= 15 is 0 Å². The Bertz CT molecular complexity index is 475. The molecular formula is C14H16O2S. The van der Waals surface area contributed by atoms with Crippen molar-refractivity contribution < 1.29 is 9.84 Å². The molecule has 0 radical (unpaired) electrons. The molecule has 0 saturated heterocycles. The minimum Gasteiger partial charge on any atom is -0.488 e. The van der Waals surface area contributed by atoms with E-state index in [0.29, 0.717) is 6.61 Å². The SMILES string of the molecule is Cc1ccc(OCc2ccsc2)c(C(C)O)c1. The Morgan fingerprint density at radius 2 is 2.18 bits per heavy atom. The Morgan fingerprint density at radius 1 is 1.35 bits per heavy atom. The van der Waals surface area contributed by atoms with Gasteiger partial charge in [0.25, 0.3) is 0 Å². The fraction of sp³-hybridized carbons (Fsp3) is 0.286. The number of aryl methyl sites for hydroxylation is 1. The van der Waals surface area contributed by atoms with Gasteiger partial charge in [-0.3, -0.25) is 0 Å². The number of rotatable bonds is 4. The second-order valence-corrected chi connectivity index (χ2v) is 4.92. The highest BCUT2D eigenvalue weighted by Gasteiger charge is 2.09. The quantitative estimate of drug-likeness (QED) is 0.894. The lowest BCUT2D eigenvalue weighted by Gasteiger charge is -2.13. The minimum atomic E-state index is -0.507. The summed E-state index contributed by atoms with van der Waals surface area (Å²) in [5, 5.41) is 13.8. The largest absolute Gasteiger partial charge is 0.488 e. The van der Waals surface area contributed by atoms with Crippen molar-refractivity contribution in [2.45, 2.75) is 26.6 Å². The van der Waals surface area contributed by atoms with Gasteiger partial charge < -0.3 is 9.84 Å². The van der Waals surface area contributed by atoms with Crippen molar-refractivity contribution in [3.8, 4) is 5.75 Å². The minimum absolute atomic E-state index is 0.507. The molecule has 1 heterocycles. The topological polar surface area (TPSA) is 29.5 Å². The Kier molecular flexibility index (Phi) is 3.82. The van der Waals surface area contributed by atoms with Gasteiger partial charge in [0.2, 0.25) is 0 Å². The average Bonchev–Trinajstić information content (AvgIpc) is 2.80. The Hall–Kier alpha value is -1.32. The average molecular weight is 248 g/mol. The van der Waals surface area contributed by atoms with Crippen LogP contribution >= 0.6 is 11.3 Å². The Morgan fingerprint density at radius 3 is 2.82 bits per heavy atom. The van der Waals surface area contributed by atoms with Crippen molar-refractivity contribution >= 4 is 11.3 Å². The van der Waals surface area contributed by atoms with Crippen LogP contribution in [0.2, 0.25) is 0 Å². The predicted octanol–water partition coefficient (Wildman–Crippen LogP) is 3.69. The maximum atomic E-state index is 9.71. The molecule has 0 bridgehead atoms. The van der Waals surface area contributed by atoms with Crippen LogP contribution in [0.3, 0.4) is 0 Å². The fourth-order valence-electron chi connectivity index (χ4n) is 1.66. The molecule has 0 aliphatic rings. The summed E-state index contributed by atoms with van der Waals surface area (Å²) >= 11 is 1.66. The predicted molar refractivity (Wildman–Crippen MR) is 70.5 cm³/mol. The molecule has 17 heavy (non-hydrogen) atoms. The normalized spacial score (nSPS) is 12.4. The Labute approximate surface area is 105 Å². The van der Waals surface area contributed by atoms with Gasteiger partial charge in [-0.15, -0.1) is 0 Å². The zero-order valence-corrected chi connectivity index (χ0v) is 10.8. The maximum absolute atomic E-state index is 9.71. The second-order valence-electron chi connectivity index (χ2n) is 4.14. The summed E-state index contributed by atoms with van der Waals surface area (Å²) in [6.45, 7) is 4.31. The number of ether oxygens (including phenoxy) is 1. The third-order valence-corrected chi connectivity index (χ3v) is 3.32. The van der Waals surface area contributed by atoms with Gasteiger partial charge in [0.15, 0.2) is 0 Å². The van der Waals surface area contributed by atoms with Gasteiger partial charge in [0.1, 0.15) is 12.4 Å². The van der Waals surface area contributed by atoms with Crippen molar-refractivity contribution in [3.05, 3.63) is 51.7 Å². The molecule has 0 amide bonds. The fourth-order valence-corrected chi connectivity index (χ4v) is 2.31. The van der Waals surface area contributed by atoms with Gasteiger partial charge in [-0.2, -0.15) is 11.3 Å². The molecule has 0 spiro atoms. The van der Waals surface area contributed by atoms with Crippen molar-refractivity contribution in [2.24, 2.45) is 0 Å². The molecule has 1 aromatic heterocycles. The number of benzene rings is 1. The molecular weight excluding hydrogens is 232 g/mol. The van der Waals surface area contributed by atoms with E-state index in [9.17, 15) is 5.11 Å². The van der Waals surface area contributed by atoms with Crippen molar-refractivity contribution in [2.75, 3.05) is 0 Å². The van der Waals surface area contributed by atoms with Gasteiger partial charge in [-0.1, -0.05) is 11.6 Å². The zero-order chi connectivity index (χ0) is 12.3. The van der Waals surface area contributed by atoms with Crippen LogP contribution < -0.4 is 4.74 Å². The smallest absolute Gasteiger partial charge is 0.125 e. The molecule has 1 N–H and O–H groups in total. The summed E-state index contributed by atoms with van der Waals surface area (Å²) < 4.78 is 5.74. The van der Waals surface area contributed by atoms with Crippen molar-refractivity contribution in [1.82, 2.24) is 0 Å². The molecule has 1 aromatic carbocycles. The van der Waals surface area contributed by atoms with Crippen LogP contribution in [0.1, 0.15) is 29.7 Å². The summed E-state index contributed by atoms with van der Waals surface area (Å²) in [7, 11) is 0. The summed E-state index contributed by atoms with van der Waals surface area (Å²) in [6, 6.07) is 7.92. The highest BCUT2D eigenvalue weighted by Crippen LogP contribution is 2.27. The monoisotopic (exact) mass is 248 g/mol. The summed E-state index contributed by atoms with van der Waals surface area (Å²) in [4.78, 5) is 0. The van der Waals surface area contributed by atoms with Gasteiger partial charge in [-0.05, 0) is 48.4 Å². The van der Waals surface area contributed by atoms with Gasteiger partial charge in [0.05, 0.1) is 6.10 Å². The van der Waals surface area contributed by atoms with Crippen LogP contribution in [0.5, 0.6) is 5.75 Å². The molecule has 3 heteroatoms. The number of aliphatic hydroxyl groups is 1. The summed E-state index contributed by atoms with van der Waals surface area (Å²) in [6.07, 6.45) is -0.507.